The number of nitrogens with two attached hydrogens (primary N) is 1. The number of hydrogen-bond acceptors (Lipinski definition) is 3. The van der Waals surface area contributed by atoms with Crippen LogP contribution < -0.4 is 5.73 Å². The molecule has 2 nitrogen and oxygen atoms in total. The lowest BCUT2D eigenvalue weighted by molar-refractivity contribution is 0.330. The second-order valence-corrected chi connectivity index (χ2v) is 7.12. The molecule has 2 aliphatic rings. The minimum absolute atomic E-state index is 0.405. The molecule has 2 N–H and O–H groups in total. The summed E-state index contributed by atoms with van der Waals surface area (Å²) in [6.07, 6.45) is 8.29. The molecule has 18 heavy (non-hydrogen) atoms. The molecule has 0 unspecified atom stereocenters. The molecule has 1 atom stereocenters. The number of nitrogens with zero attached hydrogens (tertiary/aromatic N) is 1. The van der Waals surface area contributed by atoms with E-state index in [1.807, 2.05) is 11.3 Å². The lowest BCUT2D eigenvalue weighted by Gasteiger charge is -2.20. The summed E-state index contributed by atoms with van der Waals surface area (Å²) in [5.41, 5.74) is 5.96. The summed E-state index contributed by atoms with van der Waals surface area (Å²) in [5.74, 6) is 0.860. The first-order valence-corrected chi connectivity index (χ1v) is 8.19. The molecule has 1 aromatic rings. The van der Waals surface area contributed by atoms with Crippen molar-refractivity contribution in [2.75, 3.05) is 13.1 Å². The van der Waals surface area contributed by atoms with E-state index in [9.17, 15) is 0 Å². The summed E-state index contributed by atoms with van der Waals surface area (Å²) < 4.78 is 0. The van der Waals surface area contributed by atoms with Gasteiger partial charge in [0.1, 0.15) is 0 Å². The fourth-order valence-electron chi connectivity index (χ4n) is 3.31. The molecule has 2 fully saturated rings. The fraction of sp³-hybridized carbons (Fsp3) is 0.733. The molecule has 1 saturated carbocycles. The molecule has 1 saturated heterocycles. The molecule has 0 amide bonds. The maximum atomic E-state index is 5.96. The Morgan fingerprint density at radius 1 is 1.17 bits per heavy atom. The Morgan fingerprint density at radius 3 is 2.72 bits per heavy atom. The zero-order valence-electron chi connectivity index (χ0n) is 11.1. The van der Waals surface area contributed by atoms with Crippen LogP contribution in [0.4, 0.5) is 0 Å². The summed E-state index contributed by atoms with van der Waals surface area (Å²) in [7, 11) is 0. The highest BCUT2D eigenvalue weighted by Crippen LogP contribution is 2.36. The predicted octanol–water partition coefficient (Wildman–Crippen LogP) is 3.33. The Labute approximate surface area is 114 Å². The van der Waals surface area contributed by atoms with Gasteiger partial charge in [0.25, 0.3) is 0 Å². The van der Waals surface area contributed by atoms with E-state index >= 15 is 0 Å². The minimum Gasteiger partial charge on any atom is -0.326 e. The van der Waals surface area contributed by atoms with Gasteiger partial charge in [0, 0.05) is 35.4 Å². The standard InChI is InChI=1S/C15H24N2S/c16-13-8-9-17(10-13)11-14-6-7-15(18-14)12-4-2-1-3-5-12/h6-7,12-13H,1-5,8-11,16H2/t13-/m0/s1. The first kappa shape index (κ1) is 12.6. The molecule has 3 heteroatoms. The molecule has 0 radical (unpaired) electrons. The summed E-state index contributed by atoms with van der Waals surface area (Å²) in [4.78, 5) is 5.67. The summed E-state index contributed by atoms with van der Waals surface area (Å²) in [5, 5.41) is 0. The third-order valence-electron chi connectivity index (χ3n) is 4.38. The number of likely N-dealkylation sites (tertiary alicyclic amines) is 1. The van der Waals surface area contributed by atoms with Gasteiger partial charge in [-0.3, -0.25) is 4.90 Å². The van der Waals surface area contributed by atoms with Crippen molar-refractivity contribution in [2.24, 2.45) is 5.73 Å². The van der Waals surface area contributed by atoms with E-state index in [0.717, 1.165) is 19.0 Å². The molecule has 3 rings (SSSR count). The van der Waals surface area contributed by atoms with Crippen molar-refractivity contribution in [3.63, 3.8) is 0 Å². The highest BCUT2D eigenvalue weighted by molar-refractivity contribution is 7.12. The van der Waals surface area contributed by atoms with Crippen LogP contribution in [0.25, 0.3) is 0 Å². The van der Waals surface area contributed by atoms with Crippen molar-refractivity contribution in [1.29, 1.82) is 0 Å². The van der Waals surface area contributed by atoms with Gasteiger partial charge < -0.3 is 5.73 Å². The van der Waals surface area contributed by atoms with E-state index < -0.39 is 0 Å². The second-order valence-electron chi connectivity index (χ2n) is 5.92. The van der Waals surface area contributed by atoms with Gasteiger partial charge in [-0.2, -0.15) is 0 Å². The zero-order valence-corrected chi connectivity index (χ0v) is 11.9. The van der Waals surface area contributed by atoms with E-state index in [1.54, 1.807) is 4.88 Å². The summed E-state index contributed by atoms with van der Waals surface area (Å²) in [6, 6.07) is 5.13. The highest BCUT2D eigenvalue weighted by atomic mass is 32.1. The monoisotopic (exact) mass is 264 g/mol. The molecule has 0 spiro atoms. The molecule has 1 aliphatic carbocycles. The van der Waals surface area contributed by atoms with Gasteiger partial charge in [-0.05, 0) is 37.3 Å². The van der Waals surface area contributed by atoms with E-state index in [4.69, 9.17) is 5.73 Å². The summed E-state index contributed by atoms with van der Waals surface area (Å²) in [6.45, 7) is 3.37. The Morgan fingerprint density at radius 2 is 2.00 bits per heavy atom. The smallest absolute Gasteiger partial charge is 0.0328 e. The van der Waals surface area contributed by atoms with Crippen LogP contribution in [0.1, 0.15) is 54.2 Å². The van der Waals surface area contributed by atoms with Crippen LogP contribution in [0, 0.1) is 0 Å². The Hall–Kier alpha value is -0.380. The molecule has 0 bridgehead atoms. The van der Waals surface area contributed by atoms with Crippen LogP contribution in [-0.4, -0.2) is 24.0 Å². The molecular formula is C15H24N2S. The van der Waals surface area contributed by atoms with Crippen LogP contribution in [0.3, 0.4) is 0 Å². The zero-order chi connectivity index (χ0) is 12.4. The third kappa shape index (κ3) is 2.95. The van der Waals surface area contributed by atoms with Crippen LogP contribution in [0.5, 0.6) is 0 Å². The summed E-state index contributed by atoms with van der Waals surface area (Å²) >= 11 is 2.04. The topological polar surface area (TPSA) is 29.3 Å². The van der Waals surface area contributed by atoms with Gasteiger partial charge in [-0.1, -0.05) is 19.3 Å². The lowest BCUT2D eigenvalue weighted by Crippen LogP contribution is -2.25. The normalized spacial score (nSPS) is 26.8. The van der Waals surface area contributed by atoms with E-state index in [2.05, 4.69) is 17.0 Å². The average Bonchev–Trinajstić information content (AvgIpc) is 3.01. The number of rotatable bonds is 3. The van der Waals surface area contributed by atoms with Gasteiger partial charge in [0.05, 0.1) is 0 Å². The molecular weight excluding hydrogens is 240 g/mol. The first-order chi connectivity index (χ1) is 8.81. The Bertz CT molecular complexity index is 382. The lowest BCUT2D eigenvalue weighted by atomic mass is 9.88. The largest absolute Gasteiger partial charge is 0.326 e. The molecule has 1 aromatic heterocycles. The quantitative estimate of drug-likeness (QED) is 0.907. The van der Waals surface area contributed by atoms with Crippen LogP contribution in [0.15, 0.2) is 12.1 Å². The average molecular weight is 264 g/mol. The van der Waals surface area contributed by atoms with Gasteiger partial charge in [-0.15, -0.1) is 11.3 Å². The van der Waals surface area contributed by atoms with Crippen LogP contribution >= 0.6 is 11.3 Å². The van der Waals surface area contributed by atoms with Gasteiger partial charge >= 0.3 is 0 Å². The molecule has 2 heterocycles. The first-order valence-electron chi connectivity index (χ1n) is 7.38. The van der Waals surface area contributed by atoms with Crippen molar-refractivity contribution in [3.8, 4) is 0 Å². The number of hydrogen-bond donors (Lipinski definition) is 1. The molecule has 0 aromatic carbocycles. The highest BCUT2D eigenvalue weighted by Gasteiger charge is 2.21. The van der Waals surface area contributed by atoms with E-state index in [-0.39, 0.29) is 0 Å². The van der Waals surface area contributed by atoms with Crippen molar-refractivity contribution < 1.29 is 0 Å². The van der Waals surface area contributed by atoms with Gasteiger partial charge in [0.15, 0.2) is 0 Å². The maximum absolute atomic E-state index is 5.96. The van der Waals surface area contributed by atoms with Crippen molar-refractivity contribution in [3.05, 3.63) is 21.9 Å². The van der Waals surface area contributed by atoms with Crippen LogP contribution in [0.2, 0.25) is 0 Å². The fourth-order valence-corrected chi connectivity index (χ4v) is 4.54. The molecule has 1 aliphatic heterocycles. The van der Waals surface area contributed by atoms with Crippen molar-refractivity contribution in [1.82, 2.24) is 4.90 Å². The Kier molecular flexibility index (Phi) is 4.02. The Balaban J connectivity index is 1.59. The third-order valence-corrected chi connectivity index (χ3v) is 5.61. The van der Waals surface area contributed by atoms with E-state index in [1.165, 1.54) is 49.9 Å². The van der Waals surface area contributed by atoms with E-state index in [0.29, 0.717) is 6.04 Å². The van der Waals surface area contributed by atoms with Crippen molar-refractivity contribution >= 4 is 11.3 Å². The molecule has 100 valence electrons. The predicted molar refractivity (Wildman–Crippen MR) is 78.0 cm³/mol. The second kappa shape index (κ2) is 5.72. The SMILES string of the molecule is N[C@H]1CCN(Cc2ccc(C3CCCCC3)s2)C1. The number of thiophene rings is 1. The van der Waals surface area contributed by atoms with Gasteiger partial charge in [0.2, 0.25) is 0 Å². The van der Waals surface area contributed by atoms with Gasteiger partial charge in [-0.25, -0.2) is 0 Å². The van der Waals surface area contributed by atoms with Crippen molar-refractivity contribution in [2.45, 2.75) is 57.0 Å². The minimum atomic E-state index is 0.405. The van der Waals surface area contributed by atoms with Crippen LogP contribution in [-0.2, 0) is 6.54 Å². The maximum Gasteiger partial charge on any atom is 0.0328 e.